The number of benzene rings is 1. The van der Waals surface area contributed by atoms with Gasteiger partial charge in [0.2, 0.25) is 5.82 Å². The molecule has 112 valence electrons. The summed E-state index contributed by atoms with van der Waals surface area (Å²) in [7, 11) is 1.57. The van der Waals surface area contributed by atoms with Gasteiger partial charge in [-0.25, -0.2) is 4.39 Å². The van der Waals surface area contributed by atoms with Crippen LogP contribution in [-0.2, 0) is 13.5 Å². The Labute approximate surface area is 119 Å². The van der Waals surface area contributed by atoms with Gasteiger partial charge in [-0.1, -0.05) is 13.3 Å². The predicted molar refractivity (Wildman–Crippen MR) is 73.6 cm³/mol. The van der Waals surface area contributed by atoms with Crippen molar-refractivity contribution >= 4 is 11.5 Å². The number of halogens is 2. The first kappa shape index (κ1) is 14.9. The van der Waals surface area contributed by atoms with Crippen molar-refractivity contribution < 1.29 is 13.7 Å². The molecule has 21 heavy (non-hydrogen) atoms. The maximum atomic E-state index is 14.3. The molecule has 0 spiro atoms. The van der Waals surface area contributed by atoms with Crippen molar-refractivity contribution in [3.63, 3.8) is 0 Å². The van der Waals surface area contributed by atoms with Crippen LogP contribution in [0.2, 0.25) is 0 Å². The zero-order valence-electron chi connectivity index (χ0n) is 11.6. The summed E-state index contributed by atoms with van der Waals surface area (Å²) in [6, 6.07) is 1.44. The number of hydrogen-bond donors (Lipinski definition) is 1. The Kier molecular flexibility index (Phi) is 3.88. The summed E-state index contributed by atoms with van der Waals surface area (Å²) in [4.78, 5) is 9.82. The zero-order chi connectivity index (χ0) is 15.7. The van der Waals surface area contributed by atoms with Crippen molar-refractivity contribution in [2.75, 3.05) is 5.73 Å². The maximum absolute atomic E-state index is 14.3. The number of nitrogens with two attached hydrogens (primary N) is 1. The molecule has 0 saturated carbocycles. The SMILES string of the molecule is CCCc1c(-c2cc(F)cc([N+](=O)[O-])c2F)nn(C)c1N. The number of nitro groups is 1. The number of aryl methyl sites for hydroxylation is 1. The van der Waals surface area contributed by atoms with Gasteiger partial charge in [-0.2, -0.15) is 9.49 Å². The largest absolute Gasteiger partial charge is 0.384 e. The summed E-state index contributed by atoms with van der Waals surface area (Å²) in [5.74, 6) is -1.68. The Balaban J connectivity index is 2.73. The Morgan fingerprint density at radius 3 is 2.67 bits per heavy atom. The van der Waals surface area contributed by atoms with Crippen molar-refractivity contribution in [3.8, 4) is 11.3 Å². The minimum Gasteiger partial charge on any atom is -0.384 e. The van der Waals surface area contributed by atoms with Gasteiger partial charge in [-0.3, -0.25) is 14.8 Å². The van der Waals surface area contributed by atoms with Crippen LogP contribution < -0.4 is 5.73 Å². The van der Waals surface area contributed by atoms with Gasteiger partial charge in [0.25, 0.3) is 0 Å². The van der Waals surface area contributed by atoms with Crippen LogP contribution >= 0.6 is 0 Å². The molecule has 0 bridgehead atoms. The minimum atomic E-state index is -1.11. The number of aromatic nitrogens is 2. The predicted octanol–water partition coefficient (Wildman–Crippen LogP) is 2.81. The molecule has 6 nitrogen and oxygen atoms in total. The first-order valence-electron chi connectivity index (χ1n) is 6.32. The van der Waals surface area contributed by atoms with E-state index in [0.717, 1.165) is 12.5 Å². The molecular weight excluding hydrogens is 282 g/mol. The summed E-state index contributed by atoms with van der Waals surface area (Å²) in [5, 5.41) is 14.9. The Bertz CT molecular complexity index is 713. The monoisotopic (exact) mass is 296 g/mol. The zero-order valence-corrected chi connectivity index (χ0v) is 11.6. The van der Waals surface area contributed by atoms with E-state index in [1.807, 2.05) is 6.92 Å². The maximum Gasteiger partial charge on any atom is 0.308 e. The normalized spacial score (nSPS) is 10.9. The van der Waals surface area contributed by atoms with Gasteiger partial charge >= 0.3 is 5.69 Å². The molecule has 1 aromatic heterocycles. The molecule has 0 aliphatic heterocycles. The summed E-state index contributed by atoms with van der Waals surface area (Å²) in [6.07, 6.45) is 1.24. The number of nitro benzene ring substituents is 1. The van der Waals surface area contributed by atoms with Crippen LogP contribution in [0.15, 0.2) is 12.1 Å². The quantitative estimate of drug-likeness (QED) is 0.694. The Morgan fingerprint density at radius 2 is 2.10 bits per heavy atom. The molecule has 1 heterocycles. The molecule has 0 fully saturated rings. The van der Waals surface area contributed by atoms with Crippen LogP contribution in [0.25, 0.3) is 11.3 Å². The lowest BCUT2D eigenvalue weighted by Crippen LogP contribution is -1.99. The van der Waals surface area contributed by atoms with E-state index in [1.165, 1.54) is 4.68 Å². The van der Waals surface area contributed by atoms with Gasteiger partial charge in [0, 0.05) is 18.2 Å². The summed E-state index contributed by atoms with van der Waals surface area (Å²) >= 11 is 0. The molecule has 0 unspecified atom stereocenters. The van der Waals surface area contributed by atoms with Crippen LogP contribution in [0.5, 0.6) is 0 Å². The molecule has 8 heteroatoms. The fraction of sp³-hybridized carbons (Fsp3) is 0.308. The highest BCUT2D eigenvalue weighted by atomic mass is 19.1. The van der Waals surface area contributed by atoms with Gasteiger partial charge < -0.3 is 5.73 Å². The average Bonchev–Trinajstić information content (AvgIpc) is 2.69. The molecule has 0 saturated heterocycles. The van der Waals surface area contributed by atoms with E-state index >= 15 is 0 Å². The van der Waals surface area contributed by atoms with Gasteiger partial charge in [-0.15, -0.1) is 0 Å². The number of anilines is 1. The van der Waals surface area contributed by atoms with Crippen LogP contribution in [0, 0.1) is 21.7 Å². The minimum absolute atomic E-state index is 0.136. The van der Waals surface area contributed by atoms with Crippen molar-refractivity contribution in [2.45, 2.75) is 19.8 Å². The summed E-state index contributed by atoms with van der Waals surface area (Å²) in [5.41, 5.74) is 5.38. The second-order valence-electron chi connectivity index (χ2n) is 4.63. The standard InChI is InChI=1S/C13H14F2N4O2/c1-3-4-8-12(17-18(2)13(8)16)9-5-7(14)6-10(11(9)15)19(20)21/h5-6H,3-4,16H2,1-2H3. The molecule has 0 amide bonds. The number of rotatable bonds is 4. The fourth-order valence-electron chi connectivity index (χ4n) is 2.17. The number of nitrogens with zero attached hydrogens (tertiary/aromatic N) is 3. The van der Waals surface area contributed by atoms with E-state index in [-0.39, 0.29) is 11.3 Å². The van der Waals surface area contributed by atoms with Crippen molar-refractivity contribution in [3.05, 3.63) is 39.4 Å². The molecule has 0 aliphatic carbocycles. The van der Waals surface area contributed by atoms with Crippen molar-refractivity contribution in [1.82, 2.24) is 9.78 Å². The van der Waals surface area contributed by atoms with Gasteiger partial charge in [0.1, 0.15) is 17.3 Å². The topological polar surface area (TPSA) is 87.0 Å². The van der Waals surface area contributed by atoms with E-state index in [4.69, 9.17) is 5.73 Å². The molecule has 2 rings (SSSR count). The molecule has 2 aromatic rings. The third-order valence-electron chi connectivity index (χ3n) is 3.16. The van der Waals surface area contributed by atoms with Crippen LogP contribution in [0.1, 0.15) is 18.9 Å². The van der Waals surface area contributed by atoms with E-state index in [9.17, 15) is 18.9 Å². The average molecular weight is 296 g/mol. The first-order valence-corrected chi connectivity index (χ1v) is 6.32. The molecule has 1 aromatic carbocycles. The second kappa shape index (κ2) is 5.47. The molecule has 0 atom stereocenters. The van der Waals surface area contributed by atoms with Crippen molar-refractivity contribution in [1.29, 1.82) is 0 Å². The summed E-state index contributed by atoms with van der Waals surface area (Å²) < 4.78 is 29.1. The van der Waals surface area contributed by atoms with E-state index in [2.05, 4.69) is 5.10 Å². The van der Waals surface area contributed by atoms with E-state index in [1.54, 1.807) is 7.05 Å². The smallest absolute Gasteiger partial charge is 0.308 e. The van der Waals surface area contributed by atoms with Gasteiger partial charge in [0.15, 0.2) is 0 Å². The van der Waals surface area contributed by atoms with Crippen molar-refractivity contribution in [2.24, 2.45) is 7.05 Å². The van der Waals surface area contributed by atoms with Crippen LogP contribution in [0.3, 0.4) is 0 Å². The lowest BCUT2D eigenvalue weighted by Gasteiger charge is -2.05. The molecule has 0 radical (unpaired) electrons. The van der Waals surface area contributed by atoms with Gasteiger partial charge in [-0.05, 0) is 12.5 Å². The van der Waals surface area contributed by atoms with Crippen LogP contribution in [-0.4, -0.2) is 14.7 Å². The lowest BCUT2D eigenvalue weighted by molar-refractivity contribution is -0.387. The third-order valence-corrected chi connectivity index (χ3v) is 3.16. The molecule has 0 aliphatic rings. The first-order chi connectivity index (χ1) is 9.86. The highest BCUT2D eigenvalue weighted by Crippen LogP contribution is 2.34. The second-order valence-corrected chi connectivity index (χ2v) is 4.63. The molecular formula is C13H14F2N4O2. The fourth-order valence-corrected chi connectivity index (χ4v) is 2.17. The Morgan fingerprint density at radius 1 is 1.43 bits per heavy atom. The summed E-state index contributed by atoms with van der Waals surface area (Å²) in [6.45, 7) is 1.90. The van der Waals surface area contributed by atoms with E-state index in [0.29, 0.717) is 23.9 Å². The highest BCUT2D eigenvalue weighted by molar-refractivity contribution is 5.71. The Hall–Kier alpha value is -2.51. The van der Waals surface area contributed by atoms with E-state index < -0.39 is 22.2 Å². The molecule has 2 N–H and O–H groups in total. The lowest BCUT2D eigenvalue weighted by atomic mass is 10.0. The van der Waals surface area contributed by atoms with Gasteiger partial charge in [0.05, 0.1) is 11.0 Å². The number of hydrogen-bond acceptors (Lipinski definition) is 4. The highest BCUT2D eigenvalue weighted by Gasteiger charge is 2.25. The number of nitrogen functional groups attached to an aromatic ring is 1. The third kappa shape index (κ3) is 2.56. The van der Waals surface area contributed by atoms with Crippen LogP contribution in [0.4, 0.5) is 20.3 Å².